The summed E-state index contributed by atoms with van der Waals surface area (Å²) in [5.74, 6) is -0.258. The molecular weight excluding hydrogens is 530 g/mol. The van der Waals surface area contributed by atoms with E-state index in [1.54, 1.807) is 0 Å². The van der Waals surface area contributed by atoms with E-state index in [0.717, 1.165) is 24.2 Å². The van der Waals surface area contributed by atoms with Crippen LogP contribution in [0.5, 0.6) is 0 Å². The van der Waals surface area contributed by atoms with E-state index in [1.165, 1.54) is 114 Å². The normalized spacial score (nSPS) is 13.9. The van der Waals surface area contributed by atoms with Crippen molar-refractivity contribution in [2.45, 2.75) is 135 Å². The summed E-state index contributed by atoms with van der Waals surface area (Å²) in [6.07, 6.45) is 24.6. The van der Waals surface area contributed by atoms with Crippen molar-refractivity contribution in [2.24, 2.45) is 5.92 Å². The van der Waals surface area contributed by atoms with Crippen molar-refractivity contribution in [3.63, 3.8) is 0 Å². The largest absolute Gasteiger partial charge is 0.481 e. The van der Waals surface area contributed by atoms with Crippen LogP contribution in [0.3, 0.4) is 0 Å². The van der Waals surface area contributed by atoms with Gasteiger partial charge in [0.25, 0.3) is 11.8 Å². The maximum absolute atomic E-state index is 12.3. The summed E-state index contributed by atoms with van der Waals surface area (Å²) < 4.78 is 0. The molecule has 1 aliphatic rings. The summed E-state index contributed by atoms with van der Waals surface area (Å²) in [5.41, 5.74) is 0. The number of amides is 2. The molecule has 0 saturated heterocycles. The minimum absolute atomic E-state index is 0.0333. The minimum Gasteiger partial charge on any atom is -0.481 e. The Bertz CT molecular complexity index is 710. The van der Waals surface area contributed by atoms with Gasteiger partial charge in [-0.05, 0) is 25.7 Å². The molecule has 0 aliphatic carbocycles. The fourth-order valence-corrected chi connectivity index (χ4v) is 7.05. The van der Waals surface area contributed by atoms with E-state index in [0.29, 0.717) is 6.42 Å². The van der Waals surface area contributed by atoms with Crippen LogP contribution in [0.1, 0.15) is 135 Å². The molecule has 0 spiro atoms. The third-order valence-corrected chi connectivity index (χ3v) is 9.85. The molecule has 8 heteroatoms. The summed E-state index contributed by atoms with van der Waals surface area (Å²) in [7, 11) is 4.08. The van der Waals surface area contributed by atoms with Crippen molar-refractivity contribution in [3.05, 3.63) is 12.2 Å². The van der Waals surface area contributed by atoms with E-state index >= 15 is 0 Å². The number of carbonyl (C=O) groups excluding carboxylic acids is 3. The van der Waals surface area contributed by atoms with Crippen LogP contribution < -0.4 is 0 Å². The molecule has 1 rings (SSSR count). The van der Waals surface area contributed by atoms with Gasteiger partial charge in [0.05, 0.1) is 5.92 Å². The number of carbonyl (C=O) groups is 4. The van der Waals surface area contributed by atoms with Gasteiger partial charge in [0.1, 0.15) is 5.78 Å². The summed E-state index contributed by atoms with van der Waals surface area (Å²) >= 11 is 0. The Balaban J connectivity index is 1.86. The second-order valence-corrected chi connectivity index (χ2v) is 13.5. The molecule has 0 aromatic carbocycles. The lowest BCUT2D eigenvalue weighted by atomic mass is 9.96. The van der Waals surface area contributed by atoms with E-state index < -0.39 is 23.7 Å². The Morgan fingerprint density at radius 3 is 1.62 bits per heavy atom. The zero-order valence-corrected chi connectivity index (χ0v) is 26.0. The number of aliphatic carboxylic acids is 1. The molecule has 224 valence electrons. The van der Waals surface area contributed by atoms with Gasteiger partial charge in [0.15, 0.2) is 0 Å². The van der Waals surface area contributed by atoms with Crippen molar-refractivity contribution in [2.75, 3.05) is 18.1 Å². The molecule has 0 radical (unpaired) electrons. The molecule has 1 aliphatic heterocycles. The van der Waals surface area contributed by atoms with Gasteiger partial charge in [-0.3, -0.25) is 24.1 Å². The predicted octanol–water partition coefficient (Wildman–Crippen LogP) is 8.38. The van der Waals surface area contributed by atoms with E-state index in [4.69, 9.17) is 0 Å². The number of hydrogen-bond acceptors (Lipinski definition) is 6. The van der Waals surface area contributed by atoms with Crippen LogP contribution >= 0.6 is 21.6 Å². The number of nitrogens with zero attached hydrogens (tertiary/aromatic N) is 1. The highest BCUT2D eigenvalue weighted by molar-refractivity contribution is 8.76. The van der Waals surface area contributed by atoms with Crippen LogP contribution in [0, 0.1) is 5.92 Å². The molecule has 0 aromatic rings. The topological polar surface area (TPSA) is 91.8 Å². The van der Waals surface area contributed by atoms with Gasteiger partial charge in [-0.25, -0.2) is 0 Å². The summed E-state index contributed by atoms with van der Waals surface area (Å²) in [6.45, 7) is 2.31. The predicted molar refractivity (Wildman–Crippen MR) is 165 cm³/mol. The first kappa shape index (κ1) is 35.7. The smallest absolute Gasteiger partial charge is 0.307 e. The second kappa shape index (κ2) is 24.5. The zero-order chi connectivity index (χ0) is 28.6. The zero-order valence-electron chi connectivity index (χ0n) is 24.3. The van der Waals surface area contributed by atoms with Crippen molar-refractivity contribution in [3.8, 4) is 0 Å². The Morgan fingerprint density at radius 2 is 1.15 bits per heavy atom. The number of ketones is 1. The average Bonchev–Trinajstić information content (AvgIpc) is 3.23. The first-order valence-corrected chi connectivity index (χ1v) is 18.0. The van der Waals surface area contributed by atoms with Crippen LogP contribution in [0.2, 0.25) is 0 Å². The Labute approximate surface area is 245 Å². The molecule has 39 heavy (non-hydrogen) atoms. The summed E-state index contributed by atoms with van der Waals surface area (Å²) in [6, 6.07) is 0. The van der Waals surface area contributed by atoms with Crippen molar-refractivity contribution in [1.82, 2.24) is 4.90 Å². The molecule has 1 N–H and O–H groups in total. The average molecular weight is 584 g/mol. The molecule has 0 saturated carbocycles. The molecule has 1 atom stereocenters. The van der Waals surface area contributed by atoms with Crippen molar-refractivity contribution >= 4 is 45.2 Å². The molecule has 0 fully saturated rings. The first-order chi connectivity index (χ1) is 19.0. The van der Waals surface area contributed by atoms with Gasteiger partial charge in [-0.15, -0.1) is 0 Å². The van der Waals surface area contributed by atoms with Crippen LogP contribution in [0.25, 0.3) is 0 Å². The van der Waals surface area contributed by atoms with E-state index in [2.05, 4.69) is 6.92 Å². The van der Waals surface area contributed by atoms with Crippen LogP contribution in [-0.2, 0) is 19.2 Å². The fourth-order valence-electron chi connectivity index (χ4n) is 4.76. The first-order valence-electron chi connectivity index (χ1n) is 15.5. The Hall–Kier alpha value is -1.28. The second-order valence-electron chi connectivity index (χ2n) is 10.8. The number of Topliss-reactive ketones (excluding diaryl/α,β-unsaturated/α-hetero) is 1. The lowest BCUT2D eigenvalue weighted by molar-refractivity contribution is -0.145. The number of carboxylic acids is 1. The highest BCUT2D eigenvalue weighted by Gasteiger charge is 2.27. The molecule has 0 bridgehead atoms. The van der Waals surface area contributed by atoms with E-state index in [9.17, 15) is 24.3 Å². The number of imide groups is 1. The van der Waals surface area contributed by atoms with Crippen molar-refractivity contribution in [1.29, 1.82) is 0 Å². The number of carboxylic acid groups (broad SMARTS) is 1. The van der Waals surface area contributed by atoms with Gasteiger partial charge in [-0.1, -0.05) is 118 Å². The van der Waals surface area contributed by atoms with Crippen LogP contribution in [0.15, 0.2) is 12.2 Å². The van der Waals surface area contributed by atoms with Gasteiger partial charge < -0.3 is 5.11 Å². The van der Waals surface area contributed by atoms with Gasteiger partial charge >= 0.3 is 5.97 Å². The fraction of sp³-hybridized carbons (Fsp3) is 0.806. The highest BCUT2D eigenvalue weighted by atomic mass is 33.1. The molecule has 1 unspecified atom stereocenters. The van der Waals surface area contributed by atoms with E-state index in [1.807, 2.05) is 21.6 Å². The van der Waals surface area contributed by atoms with Gasteiger partial charge in [0, 0.05) is 43.0 Å². The third kappa shape index (κ3) is 19.4. The Morgan fingerprint density at radius 1 is 0.718 bits per heavy atom. The third-order valence-electron chi connectivity index (χ3n) is 7.27. The molecule has 2 amide bonds. The highest BCUT2D eigenvalue weighted by Crippen LogP contribution is 2.25. The molecule has 0 aromatic heterocycles. The minimum atomic E-state index is -1.05. The molecular formula is C31H53NO5S2. The summed E-state index contributed by atoms with van der Waals surface area (Å²) in [4.78, 5) is 48.0. The standard InChI is InChI=1S/C31H53NO5S2/c1-2-3-4-5-6-8-11-14-17-24-38-39-25-18-15-12-9-7-10-13-16-19-28(33)26-27(31(36)37)22-23-32-29(34)20-21-30(32)35/h20-21,27H,2-19,22-26H2,1H3,(H,36,37). The Kier molecular flexibility index (Phi) is 22.5. The molecule has 6 nitrogen and oxygen atoms in total. The van der Waals surface area contributed by atoms with Gasteiger partial charge in [0.2, 0.25) is 0 Å². The van der Waals surface area contributed by atoms with Gasteiger partial charge in [-0.2, -0.15) is 0 Å². The number of unbranched alkanes of at least 4 members (excludes halogenated alkanes) is 15. The maximum atomic E-state index is 12.3. The monoisotopic (exact) mass is 583 g/mol. The summed E-state index contributed by atoms with van der Waals surface area (Å²) in [5, 5.41) is 9.42. The lowest BCUT2D eigenvalue weighted by Gasteiger charge is -2.17. The lowest BCUT2D eigenvalue weighted by Crippen LogP contribution is -2.33. The maximum Gasteiger partial charge on any atom is 0.307 e. The van der Waals surface area contributed by atoms with E-state index in [-0.39, 0.29) is 25.2 Å². The number of hydrogen-bond donors (Lipinski definition) is 1. The number of rotatable bonds is 28. The van der Waals surface area contributed by atoms with Crippen LogP contribution in [-0.4, -0.2) is 51.6 Å². The van der Waals surface area contributed by atoms with Crippen molar-refractivity contribution < 1.29 is 24.3 Å². The SMILES string of the molecule is CCCCCCCCCCCSSCCCCCCCCCCC(=O)CC(CCN1C(=O)C=CC1=O)C(=O)O. The quantitative estimate of drug-likeness (QED) is 0.0562. The molecule has 1 heterocycles. The van der Waals surface area contributed by atoms with Crippen LogP contribution in [0.4, 0.5) is 0 Å².